The number of rotatable bonds is 10. The Morgan fingerprint density at radius 3 is 2.53 bits per heavy atom. The normalized spacial score (nSPS) is 36.5. The molecule has 7 nitrogen and oxygen atoms in total. The summed E-state index contributed by atoms with van der Waals surface area (Å²) in [5.41, 5.74) is 0.0824. The molecule has 5 rings (SSSR count). The van der Waals surface area contributed by atoms with Gasteiger partial charge in [0, 0.05) is 30.1 Å². The standard InChI is InChI=1S/C34H48ClNO6S/c1-5-25(27-8-9-28(35)43-27)36-29(38)16-19(2)22-6-7-23-32-24(13-15-34(22,23)4)33(3)14-12-21(37)17-20(33)18-26(32)42-31(41)11-10-30(39)40/h8-9,19-20,22-26,32H,5-7,10-18H2,1-4H3,(H,36,38)(H,39,40)/t19-,20+,22?,23+,24+,25-,26-,32+,33+,34-/m1/s1. The SMILES string of the molecule is CC[C@@H](NC(=O)C[C@@H](C)C1CC[C@H]2[C@@H]3[C@H](OC(=O)CCC(=O)O)C[C@@H]4CC(=O)CC[C@]4(C)[C@H]3CC[C@]12C)c1ccc(Cl)s1. The Kier molecular flexibility index (Phi) is 9.68. The minimum atomic E-state index is -1.00. The van der Waals surface area contributed by atoms with Crippen molar-refractivity contribution in [2.24, 2.45) is 46.3 Å². The maximum Gasteiger partial charge on any atom is 0.306 e. The Balaban J connectivity index is 1.33. The van der Waals surface area contributed by atoms with Gasteiger partial charge >= 0.3 is 11.9 Å². The van der Waals surface area contributed by atoms with Gasteiger partial charge in [0.05, 0.1) is 23.2 Å². The van der Waals surface area contributed by atoms with Gasteiger partial charge in [0.2, 0.25) is 5.91 Å². The molecule has 0 spiro atoms. The topological polar surface area (TPSA) is 110 Å². The number of amides is 1. The van der Waals surface area contributed by atoms with Crippen LogP contribution in [0.5, 0.6) is 0 Å². The van der Waals surface area contributed by atoms with E-state index in [-0.39, 0.29) is 59.5 Å². The second-order valence-electron chi connectivity index (χ2n) is 14.5. The lowest BCUT2D eigenvalue weighted by Gasteiger charge is -2.62. The number of aliphatic carboxylic acids is 1. The lowest BCUT2D eigenvalue weighted by Crippen LogP contribution is -2.59. The van der Waals surface area contributed by atoms with Gasteiger partial charge in [-0.2, -0.15) is 0 Å². The van der Waals surface area contributed by atoms with Crippen LogP contribution in [-0.2, 0) is 23.9 Å². The maximum absolute atomic E-state index is 13.3. The molecule has 4 aliphatic rings. The van der Waals surface area contributed by atoms with Gasteiger partial charge in [0.1, 0.15) is 11.9 Å². The second-order valence-corrected chi connectivity index (χ2v) is 16.2. The van der Waals surface area contributed by atoms with Crippen molar-refractivity contribution in [2.75, 3.05) is 0 Å². The van der Waals surface area contributed by atoms with Gasteiger partial charge in [0.15, 0.2) is 0 Å². The summed E-state index contributed by atoms with van der Waals surface area (Å²) in [4.78, 5) is 50.9. The Morgan fingerprint density at radius 2 is 1.86 bits per heavy atom. The highest BCUT2D eigenvalue weighted by Gasteiger charge is 2.64. The largest absolute Gasteiger partial charge is 0.481 e. The van der Waals surface area contributed by atoms with E-state index < -0.39 is 11.9 Å². The summed E-state index contributed by atoms with van der Waals surface area (Å²) < 4.78 is 6.89. The number of thiophene rings is 1. The summed E-state index contributed by atoms with van der Waals surface area (Å²) in [5, 5.41) is 12.4. The summed E-state index contributed by atoms with van der Waals surface area (Å²) in [6, 6.07) is 3.84. The molecule has 0 saturated heterocycles. The Hall–Kier alpha value is -1.93. The van der Waals surface area contributed by atoms with Crippen LogP contribution in [0.25, 0.3) is 0 Å². The van der Waals surface area contributed by atoms with E-state index in [0.29, 0.717) is 49.2 Å². The van der Waals surface area contributed by atoms with Gasteiger partial charge in [-0.25, -0.2) is 0 Å². The Morgan fingerprint density at radius 1 is 1.12 bits per heavy atom. The summed E-state index contributed by atoms with van der Waals surface area (Å²) in [6.45, 7) is 9.08. The van der Waals surface area contributed by atoms with Gasteiger partial charge in [0.25, 0.3) is 0 Å². The van der Waals surface area contributed by atoms with Crippen LogP contribution < -0.4 is 5.32 Å². The number of carbonyl (C=O) groups excluding carboxylic acids is 3. The number of carbonyl (C=O) groups is 4. The Labute approximate surface area is 264 Å². The molecule has 1 aromatic rings. The van der Waals surface area contributed by atoms with E-state index in [0.717, 1.165) is 47.7 Å². The van der Waals surface area contributed by atoms with Crippen LogP contribution in [0.4, 0.5) is 0 Å². The van der Waals surface area contributed by atoms with E-state index in [9.17, 15) is 19.2 Å². The van der Waals surface area contributed by atoms with Gasteiger partial charge in [-0.05, 0) is 97.5 Å². The van der Waals surface area contributed by atoms with Crippen LogP contribution in [0, 0.1) is 46.3 Å². The number of fused-ring (bicyclic) bond motifs is 5. The average molecular weight is 634 g/mol. The third-order valence-electron chi connectivity index (χ3n) is 12.2. The van der Waals surface area contributed by atoms with Gasteiger partial charge in [-0.1, -0.05) is 39.3 Å². The van der Waals surface area contributed by atoms with Crippen molar-refractivity contribution >= 4 is 46.6 Å². The molecule has 2 N–H and O–H groups in total. The molecule has 238 valence electrons. The first-order valence-corrected chi connectivity index (χ1v) is 17.5. The van der Waals surface area contributed by atoms with Crippen molar-refractivity contribution in [2.45, 2.75) is 117 Å². The molecular weight excluding hydrogens is 586 g/mol. The monoisotopic (exact) mass is 633 g/mol. The maximum atomic E-state index is 13.3. The molecule has 1 unspecified atom stereocenters. The molecule has 1 amide bonds. The lowest BCUT2D eigenvalue weighted by atomic mass is 9.43. The highest BCUT2D eigenvalue weighted by Crippen LogP contribution is 2.68. The number of halogens is 1. The van der Waals surface area contributed by atoms with Crippen LogP contribution >= 0.6 is 22.9 Å². The summed E-state index contributed by atoms with van der Waals surface area (Å²) in [7, 11) is 0. The molecule has 4 saturated carbocycles. The third-order valence-corrected chi connectivity index (χ3v) is 13.6. The predicted molar refractivity (Wildman–Crippen MR) is 167 cm³/mol. The van der Waals surface area contributed by atoms with Crippen LogP contribution in [-0.4, -0.2) is 34.8 Å². The quantitative estimate of drug-likeness (QED) is 0.257. The first-order valence-electron chi connectivity index (χ1n) is 16.3. The van der Waals surface area contributed by atoms with Crippen molar-refractivity contribution in [1.82, 2.24) is 5.32 Å². The minimum absolute atomic E-state index is 0.0329. The highest BCUT2D eigenvalue weighted by molar-refractivity contribution is 7.16. The molecule has 4 aliphatic carbocycles. The number of hydrogen-bond acceptors (Lipinski definition) is 6. The summed E-state index contributed by atoms with van der Waals surface area (Å²) in [5.74, 6) is 0.668. The van der Waals surface area contributed by atoms with Crippen molar-refractivity contribution in [1.29, 1.82) is 0 Å². The van der Waals surface area contributed by atoms with Crippen molar-refractivity contribution in [3.63, 3.8) is 0 Å². The molecule has 9 heteroatoms. The highest BCUT2D eigenvalue weighted by atomic mass is 35.5. The fraction of sp³-hybridized carbons (Fsp3) is 0.765. The van der Waals surface area contributed by atoms with Crippen LogP contribution in [0.3, 0.4) is 0 Å². The third kappa shape index (κ3) is 6.43. The molecule has 0 radical (unpaired) electrons. The lowest BCUT2D eigenvalue weighted by molar-refractivity contribution is -0.191. The molecule has 0 bridgehead atoms. The van der Waals surface area contributed by atoms with E-state index >= 15 is 0 Å². The number of Topliss-reactive ketones (excluding diaryl/α,β-unsaturated/α-hetero) is 1. The minimum Gasteiger partial charge on any atom is -0.481 e. The second kappa shape index (κ2) is 12.8. The van der Waals surface area contributed by atoms with Gasteiger partial charge in [-0.3, -0.25) is 19.2 Å². The van der Waals surface area contributed by atoms with Gasteiger partial charge in [-0.15, -0.1) is 11.3 Å². The van der Waals surface area contributed by atoms with Crippen LogP contribution in [0.15, 0.2) is 12.1 Å². The van der Waals surface area contributed by atoms with E-state index in [1.807, 2.05) is 12.1 Å². The van der Waals surface area contributed by atoms with E-state index in [1.165, 1.54) is 11.3 Å². The molecule has 1 aromatic heterocycles. The fourth-order valence-corrected chi connectivity index (χ4v) is 11.3. The van der Waals surface area contributed by atoms with E-state index in [2.05, 4.69) is 33.0 Å². The van der Waals surface area contributed by atoms with Crippen molar-refractivity contribution < 1.29 is 29.0 Å². The first-order chi connectivity index (χ1) is 20.4. The zero-order chi connectivity index (χ0) is 31.1. The molecule has 1 heterocycles. The number of carboxylic acids is 1. The number of hydrogen-bond donors (Lipinski definition) is 2. The van der Waals surface area contributed by atoms with Crippen LogP contribution in [0.1, 0.15) is 116 Å². The smallest absolute Gasteiger partial charge is 0.306 e. The van der Waals surface area contributed by atoms with Crippen molar-refractivity contribution in [3.05, 3.63) is 21.3 Å². The van der Waals surface area contributed by atoms with Crippen LogP contribution in [0.2, 0.25) is 4.34 Å². The molecule has 0 aromatic carbocycles. The number of nitrogens with one attached hydrogen (secondary N) is 1. The molecular formula is C34H48ClNO6S. The zero-order valence-electron chi connectivity index (χ0n) is 26.0. The number of carboxylic acid groups (broad SMARTS) is 1. The Bertz CT molecular complexity index is 1230. The average Bonchev–Trinajstić information content (AvgIpc) is 3.54. The van der Waals surface area contributed by atoms with Crippen molar-refractivity contribution in [3.8, 4) is 0 Å². The van der Waals surface area contributed by atoms with E-state index in [1.54, 1.807) is 0 Å². The number of ketones is 1. The summed E-state index contributed by atoms with van der Waals surface area (Å²) in [6.07, 6.45) is 7.60. The van der Waals surface area contributed by atoms with E-state index in [4.69, 9.17) is 21.4 Å². The number of esters is 1. The zero-order valence-corrected chi connectivity index (χ0v) is 27.6. The first kappa shape index (κ1) is 32.5. The predicted octanol–water partition coefficient (Wildman–Crippen LogP) is 7.61. The number of ether oxygens (including phenoxy) is 1. The molecule has 4 fully saturated rings. The molecule has 43 heavy (non-hydrogen) atoms. The molecule has 0 aliphatic heterocycles. The fourth-order valence-electron chi connectivity index (χ4n) is 10.1. The molecule has 10 atom stereocenters. The summed E-state index contributed by atoms with van der Waals surface area (Å²) >= 11 is 7.67. The van der Waals surface area contributed by atoms with Gasteiger partial charge < -0.3 is 15.2 Å².